The zero-order valence-electron chi connectivity index (χ0n) is 12.0. The summed E-state index contributed by atoms with van der Waals surface area (Å²) in [6, 6.07) is 1.37. The number of aromatic nitrogens is 1. The molecule has 6 nitrogen and oxygen atoms in total. The van der Waals surface area contributed by atoms with Crippen molar-refractivity contribution in [1.82, 2.24) is 14.6 Å². The number of hydrogen-bond donors (Lipinski definition) is 2. The fraction of sp³-hybridized carbons (Fsp3) is 0.615. The number of pyridine rings is 1. The van der Waals surface area contributed by atoms with Crippen molar-refractivity contribution in [3.05, 3.63) is 17.3 Å². The van der Waals surface area contributed by atoms with Crippen LogP contribution >= 0.6 is 11.6 Å². The van der Waals surface area contributed by atoms with Gasteiger partial charge in [0.2, 0.25) is 10.0 Å². The second kappa shape index (κ2) is 6.91. The molecule has 0 amide bonds. The number of sulfonamides is 1. The van der Waals surface area contributed by atoms with Crippen molar-refractivity contribution in [2.75, 3.05) is 31.9 Å². The van der Waals surface area contributed by atoms with Gasteiger partial charge in [-0.3, -0.25) is 0 Å². The van der Waals surface area contributed by atoms with E-state index in [1.165, 1.54) is 16.6 Å². The van der Waals surface area contributed by atoms with E-state index in [1.807, 2.05) is 0 Å². The van der Waals surface area contributed by atoms with Crippen LogP contribution in [0.5, 0.6) is 0 Å². The molecule has 1 aliphatic heterocycles. The van der Waals surface area contributed by atoms with Gasteiger partial charge < -0.3 is 11.1 Å². The van der Waals surface area contributed by atoms with Crippen LogP contribution in [-0.2, 0) is 10.0 Å². The SMILES string of the molecule is CCNCC1CCN(S(=O)(=O)c2cc(Cl)cnc2N)CC1. The zero-order chi connectivity index (χ0) is 15.5. The van der Waals surface area contributed by atoms with Gasteiger partial charge in [0.05, 0.1) is 5.02 Å². The minimum absolute atomic E-state index is 0.000123. The van der Waals surface area contributed by atoms with E-state index in [0.29, 0.717) is 19.0 Å². The van der Waals surface area contributed by atoms with E-state index < -0.39 is 10.0 Å². The molecule has 1 aliphatic rings. The third-order valence-corrected chi connectivity index (χ3v) is 5.86. The Balaban J connectivity index is 2.10. The lowest BCUT2D eigenvalue weighted by atomic mass is 9.98. The number of anilines is 1. The number of rotatable bonds is 5. The van der Waals surface area contributed by atoms with Crippen molar-refractivity contribution in [3.63, 3.8) is 0 Å². The normalized spacial score (nSPS) is 18.0. The Morgan fingerprint density at radius 2 is 2.14 bits per heavy atom. The van der Waals surface area contributed by atoms with Gasteiger partial charge in [-0.15, -0.1) is 0 Å². The summed E-state index contributed by atoms with van der Waals surface area (Å²) in [5.74, 6) is 0.514. The van der Waals surface area contributed by atoms with Crippen LogP contribution in [0.4, 0.5) is 5.82 Å². The second-order valence-corrected chi connectivity index (χ2v) is 7.53. The Labute approximate surface area is 130 Å². The molecule has 3 N–H and O–H groups in total. The number of halogens is 1. The molecule has 0 unspecified atom stereocenters. The maximum atomic E-state index is 12.6. The van der Waals surface area contributed by atoms with Gasteiger partial charge in [0.1, 0.15) is 10.7 Å². The van der Waals surface area contributed by atoms with Crippen LogP contribution in [0.3, 0.4) is 0 Å². The molecule has 1 aromatic rings. The van der Waals surface area contributed by atoms with Gasteiger partial charge in [0, 0.05) is 19.3 Å². The molecule has 2 heterocycles. The average Bonchev–Trinajstić information content (AvgIpc) is 2.48. The zero-order valence-corrected chi connectivity index (χ0v) is 13.6. The number of hydrogen-bond acceptors (Lipinski definition) is 5. The lowest BCUT2D eigenvalue weighted by Crippen LogP contribution is -2.41. The van der Waals surface area contributed by atoms with Gasteiger partial charge in [0.15, 0.2) is 0 Å². The number of nitrogens with two attached hydrogens (primary N) is 1. The molecular weight excluding hydrogens is 312 g/mol. The lowest BCUT2D eigenvalue weighted by Gasteiger charge is -2.31. The smallest absolute Gasteiger partial charge is 0.246 e. The molecule has 1 aromatic heterocycles. The van der Waals surface area contributed by atoms with Crippen LogP contribution < -0.4 is 11.1 Å². The van der Waals surface area contributed by atoms with Crippen molar-refractivity contribution < 1.29 is 8.42 Å². The topological polar surface area (TPSA) is 88.3 Å². The molecule has 8 heteroatoms. The maximum absolute atomic E-state index is 12.6. The van der Waals surface area contributed by atoms with Gasteiger partial charge in [-0.25, -0.2) is 13.4 Å². The molecule has 0 aliphatic carbocycles. The van der Waals surface area contributed by atoms with Gasteiger partial charge in [-0.2, -0.15) is 4.31 Å². The molecule has 0 bridgehead atoms. The summed E-state index contributed by atoms with van der Waals surface area (Å²) in [4.78, 5) is 3.83. The molecule has 0 aromatic carbocycles. The first-order valence-electron chi connectivity index (χ1n) is 7.07. The highest BCUT2D eigenvalue weighted by molar-refractivity contribution is 7.89. The minimum atomic E-state index is -3.62. The summed E-state index contributed by atoms with van der Waals surface area (Å²) in [6.07, 6.45) is 3.04. The van der Waals surface area contributed by atoms with E-state index in [2.05, 4.69) is 17.2 Å². The first kappa shape index (κ1) is 16.5. The van der Waals surface area contributed by atoms with Crippen molar-refractivity contribution in [2.24, 2.45) is 5.92 Å². The molecular formula is C13H21ClN4O2S. The van der Waals surface area contributed by atoms with E-state index >= 15 is 0 Å². The Bertz CT molecular complexity index is 586. The van der Waals surface area contributed by atoms with Gasteiger partial charge >= 0.3 is 0 Å². The summed E-state index contributed by atoms with van der Waals surface area (Å²) in [5, 5.41) is 3.57. The van der Waals surface area contributed by atoms with Crippen molar-refractivity contribution in [1.29, 1.82) is 0 Å². The standard InChI is InChI=1S/C13H21ClN4O2S/c1-2-16-8-10-3-5-18(6-4-10)21(19,20)12-7-11(14)9-17-13(12)15/h7,9-10,16H,2-6,8H2,1H3,(H2,15,17). The molecule has 1 fully saturated rings. The predicted molar refractivity (Wildman–Crippen MR) is 83.7 cm³/mol. The summed E-state index contributed by atoms with van der Waals surface area (Å²) in [7, 11) is -3.62. The fourth-order valence-electron chi connectivity index (χ4n) is 2.48. The fourth-order valence-corrected chi connectivity index (χ4v) is 4.26. The molecule has 118 valence electrons. The first-order chi connectivity index (χ1) is 9.95. The quantitative estimate of drug-likeness (QED) is 0.849. The highest BCUT2D eigenvalue weighted by Crippen LogP contribution is 2.27. The highest BCUT2D eigenvalue weighted by Gasteiger charge is 2.31. The van der Waals surface area contributed by atoms with Crippen LogP contribution in [0.2, 0.25) is 5.02 Å². The third kappa shape index (κ3) is 3.85. The monoisotopic (exact) mass is 332 g/mol. The molecule has 0 spiro atoms. The number of piperidine rings is 1. The molecule has 0 radical (unpaired) electrons. The van der Waals surface area contributed by atoms with Crippen molar-refractivity contribution >= 4 is 27.4 Å². The number of nitrogens with zero attached hydrogens (tertiary/aromatic N) is 2. The summed E-state index contributed by atoms with van der Waals surface area (Å²) < 4.78 is 26.7. The van der Waals surface area contributed by atoms with Crippen LogP contribution in [0, 0.1) is 5.92 Å². The van der Waals surface area contributed by atoms with Gasteiger partial charge in [0.25, 0.3) is 0 Å². The minimum Gasteiger partial charge on any atom is -0.383 e. The predicted octanol–water partition coefficient (Wildman–Crippen LogP) is 1.33. The van der Waals surface area contributed by atoms with E-state index in [-0.39, 0.29) is 15.7 Å². The number of nitrogens with one attached hydrogen (secondary N) is 1. The van der Waals surface area contributed by atoms with E-state index in [1.54, 1.807) is 0 Å². The van der Waals surface area contributed by atoms with Crippen molar-refractivity contribution in [3.8, 4) is 0 Å². The number of nitrogen functional groups attached to an aromatic ring is 1. The Morgan fingerprint density at radius 1 is 1.48 bits per heavy atom. The van der Waals surface area contributed by atoms with E-state index in [4.69, 9.17) is 17.3 Å². The van der Waals surface area contributed by atoms with E-state index in [0.717, 1.165) is 25.9 Å². The van der Waals surface area contributed by atoms with E-state index in [9.17, 15) is 8.42 Å². The van der Waals surface area contributed by atoms with Crippen LogP contribution in [-0.4, -0.2) is 43.9 Å². The summed E-state index contributed by atoms with van der Waals surface area (Å²) in [5.41, 5.74) is 5.69. The average molecular weight is 333 g/mol. The summed E-state index contributed by atoms with van der Waals surface area (Å²) in [6.45, 7) is 4.94. The van der Waals surface area contributed by atoms with Crippen LogP contribution in [0.15, 0.2) is 17.2 Å². The molecule has 2 rings (SSSR count). The molecule has 0 saturated carbocycles. The van der Waals surface area contributed by atoms with Crippen molar-refractivity contribution in [2.45, 2.75) is 24.7 Å². The lowest BCUT2D eigenvalue weighted by molar-refractivity contribution is 0.268. The first-order valence-corrected chi connectivity index (χ1v) is 8.88. The largest absolute Gasteiger partial charge is 0.383 e. The third-order valence-electron chi connectivity index (χ3n) is 3.72. The maximum Gasteiger partial charge on any atom is 0.246 e. The molecule has 1 saturated heterocycles. The molecule has 0 atom stereocenters. The van der Waals surface area contributed by atoms with Gasteiger partial charge in [-0.1, -0.05) is 18.5 Å². The second-order valence-electron chi connectivity index (χ2n) is 5.19. The van der Waals surface area contributed by atoms with Crippen LogP contribution in [0.25, 0.3) is 0 Å². The van der Waals surface area contributed by atoms with Gasteiger partial charge in [-0.05, 0) is 37.9 Å². The summed E-state index contributed by atoms with van der Waals surface area (Å²) >= 11 is 5.83. The Hall–Kier alpha value is -0.890. The van der Waals surface area contributed by atoms with Crippen LogP contribution in [0.1, 0.15) is 19.8 Å². The Kier molecular flexibility index (Phi) is 5.43. The highest BCUT2D eigenvalue weighted by atomic mass is 35.5. The Morgan fingerprint density at radius 3 is 2.76 bits per heavy atom. The molecule has 21 heavy (non-hydrogen) atoms.